The van der Waals surface area contributed by atoms with Crippen LogP contribution in [0.3, 0.4) is 0 Å². The lowest BCUT2D eigenvalue weighted by Gasteiger charge is -2.55. The summed E-state index contributed by atoms with van der Waals surface area (Å²) in [5.74, 6) is 7.45. The average Bonchev–Trinajstić information content (AvgIpc) is 3.08. The molecule has 14 atom stereocenters. The summed E-state index contributed by atoms with van der Waals surface area (Å²) < 4.78 is 0. The lowest BCUT2D eigenvalue weighted by Crippen LogP contribution is -3.20. The number of quaternary nitrogens is 1. The van der Waals surface area contributed by atoms with Crippen LogP contribution in [0.5, 0.6) is 0 Å². The minimum atomic E-state index is -0.177. The van der Waals surface area contributed by atoms with Crippen LogP contribution in [-0.2, 0) is 0 Å². The third-order valence-corrected chi connectivity index (χ3v) is 12.0. The molecule has 6 rings (SSSR count). The van der Waals surface area contributed by atoms with Crippen LogP contribution in [0.15, 0.2) is 0 Å². The smallest absolute Gasteiger partial charge is 0.0903 e. The lowest BCUT2D eigenvalue weighted by atomic mass is 9.51. The number of aliphatic hydroxyl groups excluding tert-OH is 2. The van der Waals surface area contributed by atoms with Crippen molar-refractivity contribution in [1.82, 2.24) is 0 Å². The maximum absolute atomic E-state index is 11.2. The third kappa shape index (κ3) is 2.93. The van der Waals surface area contributed by atoms with E-state index >= 15 is 0 Å². The van der Waals surface area contributed by atoms with E-state index in [1.54, 1.807) is 0 Å². The van der Waals surface area contributed by atoms with Crippen LogP contribution < -0.4 is 4.90 Å². The van der Waals surface area contributed by atoms with Gasteiger partial charge in [0, 0.05) is 24.2 Å². The molecule has 3 nitrogen and oxygen atoms in total. The number of aliphatic hydroxyl groups is 2. The molecule has 14 unspecified atom stereocenters. The molecule has 4 aliphatic carbocycles. The number of rotatable bonds is 0. The minimum absolute atomic E-state index is 0.173. The van der Waals surface area contributed by atoms with Crippen LogP contribution in [0.4, 0.5) is 0 Å². The maximum Gasteiger partial charge on any atom is 0.0903 e. The Kier molecular flexibility index (Phi) is 4.91. The fourth-order valence-corrected chi connectivity index (χ4v) is 10.8. The highest BCUT2D eigenvalue weighted by Crippen LogP contribution is 2.66. The van der Waals surface area contributed by atoms with Gasteiger partial charge in [-0.25, -0.2) is 0 Å². The first-order valence-corrected chi connectivity index (χ1v) is 13.6. The monoisotopic (exact) mass is 416 g/mol. The SMILES string of the molecule is CC1CC(C)C2CC3CCC4C(CC5C4CC(O)C4CC(O)CCC45C)C3C[NH+]2C1. The van der Waals surface area contributed by atoms with E-state index in [1.807, 2.05) is 4.90 Å². The zero-order chi connectivity index (χ0) is 20.8. The van der Waals surface area contributed by atoms with Crippen LogP contribution in [0, 0.1) is 58.7 Å². The Hall–Kier alpha value is -0.120. The molecule has 2 aliphatic heterocycles. The van der Waals surface area contributed by atoms with Crippen LogP contribution >= 0.6 is 0 Å². The summed E-state index contributed by atoms with van der Waals surface area (Å²) in [5, 5.41) is 21.5. The molecule has 4 saturated carbocycles. The van der Waals surface area contributed by atoms with Gasteiger partial charge in [0.2, 0.25) is 0 Å². The molecule has 0 spiro atoms. The van der Waals surface area contributed by atoms with Crippen molar-refractivity contribution in [2.24, 2.45) is 58.7 Å². The average molecular weight is 417 g/mol. The highest BCUT2D eigenvalue weighted by molar-refractivity contribution is 5.10. The van der Waals surface area contributed by atoms with Crippen LogP contribution in [0.1, 0.15) is 78.6 Å². The predicted molar refractivity (Wildman–Crippen MR) is 119 cm³/mol. The van der Waals surface area contributed by atoms with Gasteiger partial charge in [-0.1, -0.05) is 20.8 Å². The lowest BCUT2D eigenvalue weighted by molar-refractivity contribution is -0.949. The van der Waals surface area contributed by atoms with Gasteiger partial charge in [0.25, 0.3) is 0 Å². The fourth-order valence-electron chi connectivity index (χ4n) is 10.8. The van der Waals surface area contributed by atoms with Crippen molar-refractivity contribution in [2.75, 3.05) is 13.1 Å². The van der Waals surface area contributed by atoms with Crippen molar-refractivity contribution < 1.29 is 15.1 Å². The Bertz CT molecular complexity index is 667. The molecule has 3 N–H and O–H groups in total. The first kappa shape index (κ1) is 20.5. The quantitative estimate of drug-likeness (QED) is 0.568. The summed E-state index contributed by atoms with van der Waals surface area (Å²) in [6.07, 6.45) is 10.9. The van der Waals surface area contributed by atoms with Gasteiger partial charge in [-0.3, -0.25) is 0 Å². The molecule has 170 valence electrons. The van der Waals surface area contributed by atoms with Crippen molar-refractivity contribution in [2.45, 2.75) is 96.8 Å². The summed E-state index contributed by atoms with van der Waals surface area (Å²) in [7, 11) is 0. The Labute approximate surface area is 184 Å². The maximum atomic E-state index is 11.2. The Morgan fingerprint density at radius 1 is 0.767 bits per heavy atom. The van der Waals surface area contributed by atoms with Gasteiger partial charge in [-0.05, 0) is 92.3 Å². The van der Waals surface area contributed by atoms with Gasteiger partial charge in [-0.2, -0.15) is 0 Å². The van der Waals surface area contributed by atoms with Crippen molar-refractivity contribution >= 4 is 0 Å². The predicted octanol–water partition coefficient (Wildman–Crippen LogP) is 3.15. The summed E-state index contributed by atoms with van der Waals surface area (Å²) in [4.78, 5) is 1.96. The number of nitrogens with one attached hydrogen (secondary N) is 1. The number of hydrogen-bond donors (Lipinski definition) is 3. The van der Waals surface area contributed by atoms with Crippen molar-refractivity contribution in [3.05, 3.63) is 0 Å². The number of fused-ring (bicyclic) bond motifs is 8. The van der Waals surface area contributed by atoms with Gasteiger partial charge >= 0.3 is 0 Å². The molecule has 2 saturated heterocycles. The zero-order valence-corrected chi connectivity index (χ0v) is 19.6. The van der Waals surface area contributed by atoms with Gasteiger partial charge in [0.1, 0.15) is 0 Å². The van der Waals surface area contributed by atoms with E-state index < -0.39 is 0 Å². The molecule has 30 heavy (non-hydrogen) atoms. The highest BCUT2D eigenvalue weighted by Gasteiger charge is 2.62. The van der Waals surface area contributed by atoms with Crippen LogP contribution in [-0.4, -0.2) is 41.6 Å². The molecule has 0 radical (unpaired) electrons. The van der Waals surface area contributed by atoms with E-state index in [0.717, 1.165) is 79.1 Å². The Morgan fingerprint density at radius 3 is 2.43 bits per heavy atom. The summed E-state index contributed by atoms with van der Waals surface area (Å²) in [5.41, 5.74) is 0.270. The molecule has 6 fully saturated rings. The van der Waals surface area contributed by atoms with Gasteiger partial charge in [-0.15, -0.1) is 0 Å². The molecule has 0 aromatic carbocycles. The molecule has 0 aromatic rings. The summed E-state index contributed by atoms with van der Waals surface area (Å²) in [6.45, 7) is 10.4. The van der Waals surface area contributed by atoms with Crippen molar-refractivity contribution in [3.63, 3.8) is 0 Å². The van der Waals surface area contributed by atoms with Gasteiger partial charge in [0.15, 0.2) is 0 Å². The van der Waals surface area contributed by atoms with Crippen LogP contribution in [0.2, 0.25) is 0 Å². The Morgan fingerprint density at radius 2 is 1.60 bits per heavy atom. The molecule has 3 heteroatoms. The van der Waals surface area contributed by atoms with E-state index in [0.29, 0.717) is 5.92 Å². The second kappa shape index (κ2) is 7.19. The summed E-state index contributed by atoms with van der Waals surface area (Å²) in [6, 6.07) is 0.936. The summed E-state index contributed by atoms with van der Waals surface area (Å²) >= 11 is 0. The first-order chi connectivity index (χ1) is 14.3. The van der Waals surface area contributed by atoms with E-state index in [-0.39, 0.29) is 17.6 Å². The molecule has 0 bridgehead atoms. The van der Waals surface area contributed by atoms with Crippen molar-refractivity contribution in [1.29, 1.82) is 0 Å². The minimum Gasteiger partial charge on any atom is -0.393 e. The molecule has 0 amide bonds. The van der Waals surface area contributed by atoms with Crippen molar-refractivity contribution in [3.8, 4) is 0 Å². The first-order valence-electron chi connectivity index (χ1n) is 13.6. The molecular formula is C27H46NO2+. The topological polar surface area (TPSA) is 44.9 Å². The normalized spacial score (nSPS) is 62.5. The van der Waals surface area contributed by atoms with E-state index in [1.165, 1.54) is 45.2 Å². The van der Waals surface area contributed by atoms with Gasteiger partial charge in [0.05, 0.1) is 31.3 Å². The van der Waals surface area contributed by atoms with E-state index in [2.05, 4.69) is 20.8 Å². The largest absolute Gasteiger partial charge is 0.393 e. The highest BCUT2D eigenvalue weighted by atomic mass is 16.3. The Balaban J connectivity index is 1.26. The molecule has 6 aliphatic rings. The number of piperidine rings is 2. The van der Waals surface area contributed by atoms with Crippen LogP contribution in [0.25, 0.3) is 0 Å². The van der Waals surface area contributed by atoms with E-state index in [4.69, 9.17) is 0 Å². The van der Waals surface area contributed by atoms with E-state index in [9.17, 15) is 10.2 Å². The zero-order valence-electron chi connectivity index (χ0n) is 19.6. The molecule has 0 aromatic heterocycles. The second-order valence-corrected chi connectivity index (χ2v) is 13.4. The second-order valence-electron chi connectivity index (χ2n) is 13.4. The van der Waals surface area contributed by atoms with Gasteiger partial charge < -0.3 is 15.1 Å². The third-order valence-electron chi connectivity index (χ3n) is 12.0. The molecule has 2 heterocycles. The number of hydrogen-bond acceptors (Lipinski definition) is 2. The fraction of sp³-hybridized carbons (Fsp3) is 1.00. The molecular weight excluding hydrogens is 370 g/mol. The standard InChI is InChI=1S/C27H45NO2/c1-15-8-16(2)25-9-17-4-5-19-20(22(17)14-28(25)13-15)11-23-21(19)12-26(30)24-10-18(29)6-7-27(23,24)3/h15-26,29-30H,4-14H2,1-3H3/p+1.